The van der Waals surface area contributed by atoms with Crippen LogP contribution in [0.1, 0.15) is 12.5 Å². The van der Waals surface area contributed by atoms with Gasteiger partial charge in [0, 0.05) is 5.57 Å². The van der Waals surface area contributed by atoms with E-state index < -0.39 is 12.0 Å². The van der Waals surface area contributed by atoms with Crippen LogP contribution in [-0.2, 0) is 21.0 Å². The highest BCUT2D eigenvalue weighted by Gasteiger charge is 2.20. The second kappa shape index (κ2) is 6.60. The molecule has 0 saturated carbocycles. The lowest BCUT2D eigenvalue weighted by molar-refractivity contribution is -0.142. The minimum atomic E-state index is -1.18. The smallest absolute Gasteiger partial charge is 0.328 e. The minimum Gasteiger partial charge on any atom is -0.480 e. The van der Waals surface area contributed by atoms with Gasteiger partial charge in [-0.2, -0.15) is 5.48 Å². The fraction of sp³-hybridized carbons (Fsp3) is 0.250. The topological polar surface area (TPSA) is 75.6 Å². The molecule has 0 aliphatic rings. The maximum atomic E-state index is 10.8. The third kappa shape index (κ3) is 4.20. The molecule has 5 heteroatoms. The number of hydrogen-bond acceptors (Lipinski definition) is 4. The molecule has 1 rings (SSSR count). The fourth-order valence-electron chi connectivity index (χ4n) is 1.17. The van der Waals surface area contributed by atoms with E-state index >= 15 is 0 Å². The number of aliphatic carboxylic acids is 1. The van der Waals surface area contributed by atoms with Crippen molar-refractivity contribution in [2.24, 2.45) is 0 Å². The van der Waals surface area contributed by atoms with Crippen LogP contribution in [0.15, 0.2) is 35.9 Å². The van der Waals surface area contributed by atoms with E-state index in [1.807, 2.05) is 30.3 Å². The molecule has 0 aliphatic carbocycles. The molecule has 17 heavy (non-hydrogen) atoms. The summed E-state index contributed by atoms with van der Waals surface area (Å²) in [5, 5.41) is 8.83. The molecule has 5 nitrogen and oxygen atoms in total. The first kappa shape index (κ1) is 13.1. The van der Waals surface area contributed by atoms with E-state index in [0.29, 0.717) is 0 Å². The van der Waals surface area contributed by atoms with Crippen molar-refractivity contribution >= 4 is 11.9 Å². The Labute approximate surface area is 98.7 Å². The lowest BCUT2D eigenvalue weighted by Crippen LogP contribution is -2.37. The lowest BCUT2D eigenvalue weighted by atomic mass is 10.2. The largest absolute Gasteiger partial charge is 0.480 e. The average Bonchev–Trinajstić information content (AvgIpc) is 2.34. The van der Waals surface area contributed by atoms with Gasteiger partial charge in [0.2, 0.25) is 0 Å². The Bertz CT molecular complexity index is 423. The first-order chi connectivity index (χ1) is 8.15. The zero-order valence-electron chi connectivity index (χ0n) is 9.34. The number of hydrogen-bond donors (Lipinski definition) is 2. The van der Waals surface area contributed by atoms with Crippen LogP contribution in [0.2, 0.25) is 0 Å². The zero-order chi connectivity index (χ0) is 12.7. The molecule has 0 aromatic heterocycles. The molecular weight excluding hydrogens is 222 g/mol. The van der Waals surface area contributed by atoms with Crippen molar-refractivity contribution in [1.29, 1.82) is 0 Å². The van der Waals surface area contributed by atoms with Gasteiger partial charge in [0.05, 0.1) is 6.61 Å². The summed E-state index contributed by atoms with van der Waals surface area (Å²) in [6.07, 6.45) is 0. The van der Waals surface area contributed by atoms with Crippen molar-refractivity contribution in [3.63, 3.8) is 0 Å². The monoisotopic (exact) mass is 235 g/mol. The van der Waals surface area contributed by atoms with Crippen molar-refractivity contribution in [1.82, 2.24) is 5.48 Å². The molecule has 0 heterocycles. The van der Waals surface area contributed by atoms with E-state index in [1.54, 1.807) is 0 Å². The number of rotatable bonds is 6. The van der Waals surface area contributed by atoms with Crippen molar-refractivity contribution in [2.45, 2.75) is 19.6 Å². The minimum absolute atomic E-state index is 0.0329. The molecule has 0 aliphatic heterocycles. The third-order valence-electron chi connectivity index (χ3n) is 2.12. The van der Waals surface area contributed by atoms with Crippen LogP contribution >= 0.6 is 0 Å². The second-order valence-electron chi connectivity index (χ2n) is 3.45. The first-order valence-electron chi connectivity index (χ1n) is 5.00. The van der Waals surface area contributed by atoms with Crippen molar-refractivity contribution in [3.05, 3.63) is 41.5 Å². The van der Waals surface area contributed by atoms with E-state index in [1.165, 1.54) is 12.9 Å². The summed E-state index contributed by atoms with van der Waals surface area (Å²) in [5.74, 6) is 0.357. The molecule has 0 amide bonds. The molecule has 0 radical (unpaired) electrons. The Morgan fingerprint density at radius 1 is 1.47 bits per heavy atom. The fourth-order valence-corrected chi connectivity index (χ4v) is 1.17. The predicted octanol–water partition coefficient (Wildman–Crippen LogP) is 0.939. The molecule has 1 aromatic rings. The van der Waals surface area contributed by atoms with Gasteiger partial charge in [-0.25, -0.2) is 4.79 Å². The van der Waals surface area contributed by atoms with Crippen molar-refractivity contribution in [2.75, 3.05) is 0 Å². The van der Waals surface area contributed by atoms with E-state index in [-0.39, 0.29) is 12.2 Å². The summed E-state index contributed by atoms with van der Waals surface area (Å²) >= 11 is 0. The van der Waals surface area contributed by atoms with Crippen LogP contribution in [0.25, 0.3) is 0 Å². The van der Waals surface area contributed by atoms with Gasteiger partial charge in [0.15, 0.2) is 6.04 Å². The first-order valence-corrected chi connectivity index (χ1v) is 5.00. The maximum Gasteiger partial charge on any atom is 0.328 e. The Balaban J connectivity index is 2.49. The molecule has 0 fully saturated rings. The molecule has 90 valence electrons. The van der Waals surface area contributed by atoms with Crippen LogP contribution in [0.3, 0.4) is 0 Å². The Kier molecular flexibility index (Phi) is 5.10. The number of benzene rings is 1. The number of nitrogens with one attached hydrogen (secondary N) is 1. The Morgan fingerprint density at radius 3 is 2.65 bits per heavy atom. The van der Waals surface area contributed by atoms with Crippen LogP contribution in [-0.4, -0.2) is 23.1 Å². The average molecular weight is 235 g/mol. The van der Waals surface area contributed by atoms with Crippen LogP contribution in [0, 0.1) is 0 Å². The van der Waals surface area contributed by atoms with Gasteiger partial charge in [-0.15, -0.1) is 0 Å². The zero-order valence-corrected chi connectivity index (χ0v) is 9.34. The third-order valence-corrected chi connectivity index (χ3v) is 2.12. The second-order valence-corrected chi connectivity index (χ2v) is 3.45. The highest BCUT2D eigenvalue weighted by Crippen LogP contribution is 2.02. The summed E-state index contributed by atoms with van der Waals surface area (Å²) in [7, 11) is 0. The van der Waals surface area contributed by atoms with Gasteiger partial charge in [0.25, 0.3) is 0 Å². The molecule has 0 unspecified atom stereocenters. The molecule has 0 bridgehead atoms. The van der Waals surface area contributed by atoms with Gasteiger partial charge >= 0.3 is 5.97 Å². The highest BCUT2D eigenvalue weighted by molar-refractivity contribution is 5.80. The molecular formula is C12H13NO4. The van der Waals surface area contributed by atoms with E-state index in [0.717, 1.165) is 5.56 Å². The predicted molar refractivity (Wildman–Crippen MR) is 60.7 cm³/mol. The van der Waals surface area contributed by atoms with Gasteiger partial charge in [0.1, 0.15) is 5.94 Å². The van der Waals surface area contributed by atoms with Gasteiger partial charge in [-0.1, -0.05) is 30.3 Å². The summed E-state index contributed by atoms with van der Waals surface area (Å²) in [6.45, 7) is 1.60. The molecule has 0 saturated heterocycles. The van der Waals surface area contributed by atoms with Crippen molar-refractivity contribution < 1.29 is 19.5 Å². The van der Waals surface area contributed by atoms with Gasteiger partial charge in [-0.05, 0) is 12.5 Å². The maximum absolute atomic E-state index is 10.8. The van der Waals surface area contributed by atoms with Gasteiger partial charge < -0.3 is 5.11 Å². The summed E-state index contributed by atoms with van der Waals surface area (Å²) < 4.78 is 0. The number of hydroxylamine groups is 1. The van der Waals surface area contributed by atoms with Crippen LogP contribution in [0.5, 0.6) is 0 Å². The standard InChI is InChI=1S/C12H13NO4/c1-9(7-14)11(12(15)16)13-17-8-10-5-3-2-4-6-10/h2-6,11,13H,8H2,1H3,(H,15,16)/t11-/m0/s1. The number of carboxylic acids is 1. The number of carbonyl (C=O) groups is 1. The lowest BCUT2D eigenvalue weighted by Gasteiger charge is -2.12. The summed E-state index contributed by atoms with van der Waals surface area (Å²) in [4.78, 5) is 26.2. The highest BCUT2D eigenvalue weighted by atomic mass is 16.6. The number of carbonyl (C=O) groups excluding carboxylic acids is 1. The molecule has 0 spiro atoms. The Hall–Kier alpha value is -1.94. The van der Waals surface area contributed by atoms with Gasteiger partial charge in [-0.3, -0.25) is 9.63 Å². The van der Waals surface area contributed by atoms with Crippen molar-refractivity contribution in [3.8, 4) is 0 Å². The molecule has 2 N–H and O–H groups in total. The SMILES string of the molecule is CC(=C=O)[C@H](NOCc1ccccc1)C(=O)O. The van der Waals surface area contributed by atoms with Crippen LogP contribution < -0.4 is 5.48 Å². The number of carboxylic acid groups (broad SMARTS) is 1. The molecule has 1 atom stereocenters. The van der Waals surface area contributed by atoms with Crippen LogP contribution in [0.4, 0.5) is 0 Å². The van der Waals surface area contributed by atoms with E-state index in [4.69, 9.17) is 9.94 Å². The molecule has 1 aromatic carbocycles. The quantitative estimate of drug-likeness (QED) is 0.567. The normalized spacial score (nSPS) is 11.6. The Morgan fingerprint density at radius 2 is 2.12 bits per heavy atom. The van der Waals surface area contributed by atoms with E-state index in [9.17, 15) is 9.59 Å². The van der Waals surface area contributed by atoms with E-state index in [2.05, 4.69) is 5.48 Å². The summed E-state index contributed by atoms with van der Waals surface area (Å²) in [6, 6.07) is 8.10. The summed E-state index contributed by atoms with van der Waals surface area (Å²) in [5.41, 5.74) is 3.25.